The molecule has 1 aromatic rings. The smallest absolute Gasteiger partial charge is 0.227 e. The summed E-state index contributed by atoms with van der Waals surface area (Å²) < 4.78 is 11.1. The van der Waals surface area contributed by atoms with Gasteiger partial charge in [0.25, 0.3) is 0 Å². The zero-order chi connectivity index (χ0) is 17.4. The second-order valence-corrected chi connectivity index (χ2v) is 7.25. The molecule has 0 radical (unpaired) electrons. The van der Waals surface area contributed by atoms with Crippen molar-refractivity contribution in [2.45, 2.75) is 25.7 Å². The van der Waals surface area contributed by atoms with Crippen molar-refractivity contribution in [1.29, 1.82) is 0 Å². The van der Waals surface area contributed by atoms with Crippen molar-refractivity contribution >= 4 is 17.5 Å². The molecule has 0 bridgehead atoms. The quantitative estimate of drug-likeness (QED) is 0.839. The average Bonchev–Trinajstić information content (AvgIpc) is 2.98. The van der Waals surface area contributed by atoms with Crippen molar-refractivity contribution in [3.63, 3.8) is 0 Å². The summed E-state index contributed by atoms with van der Waals surface area (Å²) >= 11 is 0. The lowest BCUT2D eigenvalue weighted by atomic mass is 9.85. The first-order valence-electron chi connectivity index (χ1n) is 9.07. The predicted molar refractivity (Wildman–Crippen MR) is 92.9 cm³/mol. The monoisotopic (exact) mass is 344 g/mol. The molecule has 1 aromatic carbocycles. The molecule has 6 heteroatoms. The molecular formula is C19H24N2O4. The summed E-state index contributed by atoms with van der Waals surface area (Å²) in [6.07, 6.45) is 3.98. The normalized spacial score (nSPS) is 22.7. The highest BCUT2D eigenvalue weighted by Gasteiger charge is 2.37. The molecule has 3 aliphatic rings. The van der Waals surface area contributed by atoms with Gasteiger partial charge in [-0.25, -0.2) is 0 Å². The summed E-state index contributed by atoms with van der Waals surface area (Å²) in [5.74, 6) is 1.82. The van der Waals surface area contributed by atoms with Crippen molar-refractivity contribution in [1.82, 2.24) is 4.90 Å². The molecule has 0 spiro atoms. The van der Waals surface area contributed by atoms with E-state index in [1.54, 1.807) is 4.90 Å². The molecule has 0 N–H and O–H groups in total. The molecule has 1 saturated carbocycles. The topological polar surface area (TPSA) is 59.1 Å². The van der Waals surface area contributed by atoms with Gasteiger partial charge in [0.2, 0.25) is 11.8 Å². The number of hydrogen-bond donors (Lipinski definition) is 0. The minimum absolute atomic E-state index is 0.00734. The number of amides is 2. The molecular weight excluding hydrogens is 320 g/mol. The van der Waals surface area contributed by atoms with Crippen LogP contribution in [0.1, 0.15) is 25.7 Å². The van der Waals surface area contributed by atoms with Gasteiger partial charge in [-0.05, 0) is 30.9 Å². The molecule has 25 heavy (non-hydrogen) atoms. The molecule has 1 saturated heterocycles. The molecule has 1 aliphatic carbocycles. The largest absolute Gasteiger partial charge is 0.486 e. The number of nitrogens with zero attached hydrogens (tertiary/aromatic N) is 2. The highest BCUT2D eigenvalue weighted by molar-refractivity contribution is 6.00. The Labute approximate surface area is 147 Å². The third kappa shape index (κ3) is 3.17. The van der Waals surface area contributed by atoms with E-state index in [2.05, 4.69) is 0 Å². The summed E-state index contributed by atoms with van der Waals surface area (Å²) in [5.41, 5.74) is 0.770. The predicted octanol–water partition coefficient (Wildman–Crippen LogP) is 2.07. The second kappa shape index (κ2) is 6.58. The molecule has 1 atom stereocenters. The first-order chi connectivity index (χ1) is 12.1. The first-order valence-corrected chi connectivity index (χ1v) is 9.07. The van der Waals surface area contributed by atoms with Gasteiger partial charge in [-0.1, -0.05) is 6.42 Å². The Morgan fingerprint density at radius 1 is 1.24 bits per heavy atom. The van der Waals surface area contributed by atoms with Crippen molar-refractivity contribution in [3.8, 4) is 11.5 Å². The van der Waals surface area contributed by atoms with E-state index in [9.17, 15) is 9.59 Å². The summed E-state index contributed by atoms with van der Waals surface area (Å²) in [6.45, 7) is 2.30. The zero-order valence-electron chi connectivity index (χ0n) is 14.6. The molecule has 2 heterocycles. The molecule has 1 unspecified atom stereocenters. The van der Waals surface area contributed by atoms with Crippen LogP contribution in [0.15, 0.2) is 18.2 Å². The fraction of sp³-hybridized carbons (Fsp3) is 0.579. The van der Waals surface area contributed by atoms with Crippen molar-refractivity contribution in [2.24, 2.45) is 11.8 Å². The molecule has 6 nitrogen and oxygen atoms in total. The van der Waals surface area contributed by atoms with E-state index in [1.807, 2.05) is 30.1 Å². The van der Waals surface area contributed by atoms with Crippen LogP contribution in [0, 0.1) is 11.8 Å². The number of rotatable bonds is 4. The summed E-state index contributed by atoms with van der Waals surface area (Å²) in [4.78, 5) is 28.6. The summed E-state index contributed by atoms with van der Waals surface area (Å²) in [5, 5.41) is 0. The van der Waals surface area contributed by atoms with Crippen LogP contribution in [0.3, 0.4) is 0 Å². The lowest BCUT2D eigenvalue weighted by Crippen LogP contribution is -2.39. The lowest BCUT2D eigenvalue weighted by Gasteiger charge is -2.31. The fourth-order valence-electron chi connectivity index (χ4n) is 3.79. The number of ether oxygens (including phenoxy) is 2. The lowest BCUT2D eigenvalue weighted by molar-refractivity contribution is -0.135. The van der Waals surface area contributed by atoms with E-state index in [4.69, 9.17) is 9.47 Å². The number of hydrogen-bond acceptors (Lipinski definition) is 4. The maximum atomic E-state index is 12.7. The van der Waals surface area contributed by atoms with Gasteiger partial charge in [-0.15, -0.1) is 0 Å². The standard InChI is InChI=1S/C19H24N2O4/c1-20(11-13-3-2-4-13)19(23)14-9-18(22)21(12-14)15-5-6-16-17(10-15)25-8-7-24-16/h5-6,10,13-14H,2-4,7-9,11-12H2,1H3. The van der Waals surface area contributed by atoms with Gasteiger partial charge in [0.1, 0.15) is 13.2 Å². The number of benzene rings is 1. The number of fused-ring (bicyclic) bond motifs is 1. The van der Waals surface area contributed by atoms with Gasteiger partial charge in [-0.3, -0.25) is 9.59 Å². The van der Waals surface area contributed by atoms with Gasteiger partial charge in [-0.2, -0.15) is 0 Å². The Balaban J connectivity index is 1.43. The van der Waals surface area contributed by atoms with E-state index >= 15 is 0 Å². The van der Waals surface area contributed by atoms with Gasteiger partial charge in [0, 0.05) is 38.3 Å². The van der Waals surface area contributed by atoms with E-state index in [1.165, 1.54) is 19.3 Å². The third-order valence-electron chi connectivity index (χ3n) is 5.44. The Morgan fingerprint density at radius 2 is 2.00 bits per heavy atom. The molecule has 4 rings (SSSR count). The minimum atomic E-state index is -0.259. The second-order valence-electron chi connectivity index (χ2n) is 7.25. The van der Waals surface area contributed by atoms with Crippen LogP contribution < -0.4 is 14.4 Å². The summed E-state index contributed by atoms with van der Waals surface area (Å²) in [6, 6.07) is 5.52. The number of anilines is 1. The Morgan fingerprint density at radius 3 is 2.72 bits per heavy atom. The molecule has 2 amide bonds. The average molecular weight is 344 g/mol. The Kier molecular flexibility index (Phi) is 4.27. The third-order valence-corrected chi connectivity index (χ3v) is 5.44. The van der Waals surface area contributed by atoms with Crippen LogP contribution in [0.4, 0.5) is 5.69 Å². The van der Waals surface area contributed by atoms with E-state index < -0.39 is 0 Å². The SMILES string of the molecule is CN(CC1CCC1)C(=O)C1CC(=O)N(c2ccc3c(c2)OCCO3)C1. The van der Waals surface area contributed by atoms with Crippen LogP contribution in [0.2, 0.25) is 0 Å². The van der Waals surface area contributed by atoms with Crippen molar-refractivity contribution in [2.75, 3.05) is 38.3 Å². The van der Waals surface area contributed by atoms with Gasteiger partial charge >= 0.3 is 0 Å². The molecule has 2 fully saturated rings. The highest BCUT2D eigenvalue weighted by atomic mass is 16.6. The molecule has 2 aliphatic heterocycles. The highest BCUT2D eigenvalue weighted by Crippen LogP contribution is 2.36. The van der Waals surface area contributed by atoms with Gasteiger partial charge in [0.05, 0.1) is 5.92 Å². The maximum Gasteiger partial charge on any atom is 0.227 e. The molecule has 134 valence electrons. The van der Waals surface area contributed by atoms with Crippen LogP contribution >= 0.6 is 0 Å². The minimum Gasteiger partial charge on any atom is -0.486 e. The van der Waals surface area contributed by atoms with Gasteiger partial charge < -0.3 is 19.3 Å². The number of carbonyl (C=O) groups excluding carboxylic acids is 2. The van der Waals surface area contributed by atoms with Crippen LogP contribution in [0.5, 0.6) is 11.5 Å². The van der Waals surface area contributed by atoms with Crippen molar-refractivity contribution in [3.05, 3.63) is 18.2 Å². The first kappa shape index (κ1) is 16.2. The van der Waals surface area contributed by atoms with Crippen LogP contribution in [-0.4, -0.2) is 50.1 Å². The molecule has 0 aromatic heterocycles. The zero-order valence-corrected chi connectivity index (χ0v) is 14.6. The number of carbonyl (C=O) groups is 2. The van der Waals surface area contributed by atoms with Crippen LogP contribution in [-0.2, 0) is 9.59 Å². The maximum absolute atomic E-state index is 12.7. The Bertz CT molecular complexity index is 686. The fourth-order valence-corrected chi connectivity index (χ4v) is 3.79. The van der Waals surface area contributed by atoms with E-state index in [-0.39, 0.29) is 24.2 Å². The van der Waals surface area contributed by atoms with Crippen LogP contribution in [0.25, 0.3) is 0 Å². The van der Waals surface area contributed by atoms with E-state index in [0.29, 0.717) is 37.2 Å². The summed E-state index contributed by atoms with van der Waals surface area (Å²) in [7, 11) is 1.86. The Hall–Kier alpha value is -2.24. The van der Waals surface area contributed by atoms with Crippen molar-refractivity contribution < 1.29 is 19.1 Å². The van der Waals surface area contributed by atoms with Gasteiger partial charge in [0.15, 0.2) is 11.5 Å². The van der Waals surface area contributed by atoms with E-state index in [0.717, 1.165) is 12.2 Å².